The second-order valence-electron chi connectivity index (χ2n) is 14.2. The number of anilines is 3. The monoisotopic (exact) mass is 747 g/mol. The van der Waals surface area contributed by atoms with E-state index in [1.165, 1.54) is 20.2 Å². The van der Waals surface area contributed by atoms with Crippen molar-refractivity contribution in [1.82, 2.24) is 9.97 Å². The van der Waals surface area contributed by atoms with Crippen molar-refractivity contribution in [1.29, 1.82) is 0 Å². The molecule has 3 aromatic heterocycles. The van der Waals surface area contributed by atoms with Crippen LogP contribution in [0.1, 0.15) is 0 Å². The average molecular weight is 748 g/mol. The largest absolute Gasteiger partial charge is 0.456 e. The lowest BCUT2D eigenvalue weighted by atomic mass is 9.96. The molecular formula is C52H33N3OS. The van der Waals surface area contributed by atoms with E-state index in [1.807, 2.05) is 59.9 Å². The van der Waals surface area contributed by atoms with Gasteiger partial charge in [0, 0.05) is 54.3 Å². The Morgan fingerprint density at radius 1 is 0.421 bits per heavy atom. The van der Waals surface area contributed by atoms with Gasteiger partial charge in [0.05, 0.1) is 21.8 Å². The second-order valence-corrected chi connectivity index (χ2v) is 15.2. The number of hydrogen-bond acceptors (Lipinski definition) is 5. The number of furan rings is 1. The number of thiophene rings is 1. The van der Waals surface area contributed by atoms with Crippen molar-refractivity contribution in [2.24, 2.45) is 0 Å². The Kier molecular flexibility index (Phi) is 7.97. The van der Waals surface area contributed by atoms with Gasteiger partial charge in [-0.15, -0.1) is 11.3 Å². The molecule has 0 aliphatic heterocycles. The molecule has 268 valence electrons. The standard InChI is InChI=1S/C52H33N3OS/c1-4-15-35(16-5-1)44-33-45(54-52(53-44)36-17-6-2-7-18-36)43-31-37(32-48-50(43)42-22-10-12-25-47(42)56-48)34-27-29-39(30-28-34)55(38-19-8-3-9-20-38)46-24-14-23-41-40-21-11-13-26-49(40)57-51(41)46/h1-33H. The second kappa shape index (κ2) is 13.7. The summed E-state index contributed by atoms with van der Waals surface area (Å²) in [5, 5.41) is 4.65. The Morgan fingerprint density at radius 3 is 1.84 bits per heavy atom. The molecule has 0 radical (unpaired) electrons. The zero-order chi connectivity index (χ0) is 37.7. The molecule has 11 aromatic rings. The predicted molar refractivity (Wildman–Crippen MR) is 239 cm³/mol. The summed E-state index contributed by atoms with van der Waals surface area (Å²) in [4.78, 5) is 12.7. The molecule has 3 heterocycles. The molecule has 0 aliphatic rings. The molecule has 0 aliphatic carbocycles. The van der Waals surface area contributed by atoms with Crippen LogP contribution >= 0.6 is 11.3 Å². The Labute approximate surface area is 333 Å². The van der Waals surface area contributed by atoms with Crippen molar-refractivity contribution in [3.63, 3.8) is 0 Å². The van der Waals surface area contributed by atoms with E-state index in [0.717, 1.165) is 78.2 Å². The highest BCUT2D eigenvalue weighted by Gasteiger charge is 2.21. The van der Waals surface area contributed by atoms with Gasteiger partial charge in [-0.2, -0.15) is 0 Å². The predicted octanol–water partition coefficient (Wildman–Crippen LogP) is 14.9. The molecule has 4 nitrogen and oxygen atoms in total. The highest BCUT2D eigenvalue weighted by Crippen LogP contribution is 2.46. The topological polar surface area (TPSA) is 42.2 Å². The fourth-order valence-corrected chi connectivity index (χ4v) is 9.20. The first-order valence-corrected chi connectivity index (χ1v) is 19.9. The van der Waals surface area contributed by atoms with E-state index in [9.17, 15) is 0 Å². The summed E-state index contributed by atoms with van der Waals surface area (Å²) in [6.07, 6.45) is 0. The van der Waals surface area contributed by atoms with E-state index in [2.05, 4.69) is 157 Å². The van der Waals surface area contributed by atoms with Crippen LogP contribution in [0.25, 0.3) is 87.1 Å². The third kappa shape index (κ3) is 5.84. The summed E-state index contributed by atoms with van der Waals surface area (Å²) in [6, 6.07) is 70.1. The fourth-order valence-electron chi connectivity index (χ4n) is 8.00. The summed E-state index contributed by atoms with van der Waals surface area (Å²) < 4.78 is 9.15. The van der Waals surface area contributed by atoms with Crippen LogP contribution in [0.3, 0.4) is 0 Å². The number of para-hydroxylation sites is 2. The number of fused-ring (bicyclic) bond motifs is 6. The molecule has 0 unspecified atom stereocenters. The Morgan fingerprint density at radius 2 is 1.05 bits per heavy atom. The Bertz CT molecular complexity index is 3170. The van der Waals surface area contributed by atoms with E-state index < -0.39 is 0 Å². The van der Waals surface area contributed by atoms with Gasteiger partial charge in [-0.1, -0.05) is 140 Å². The first-order chi connectivity index (χ1) is 28.2. The van der Waals surface area contributed by atoms with Crippen LogP contribution in [0.15, 0.2) is 205 Å². The molecular weight excluding hydrogens is 715 g/mol. The lowest BCUT2D eigenvalue weighted by molar-refractivity contribution is 0.669. The molecule has 11 rings (SSSR count). The Balaban J connectivity index is 1.08. The minimum atomic E-state index is 0.678. The van der Waals surface area contributed by atoms with Crippen LogP contribution in [-0.2, 0) is 0 Å². The van der Waals surface area contributed by atoms with Gasteiger partial charge in [-0.05, 0) is 71.8 Å². The summed E-state index contributed by atoms with van der Waals surface area (Å²) in [5.41, 5.74) is 11.8. The molecule has 0 saturated carbocycles. The van der Waals surface area contributed by atoms with E-state index in [0.29, 0.717) is 5.82 Å². The Hall–Kier alpha value is -7.34. The normalized spacial score (nSPS) is 11.5. The molecule has 57 heavy (non-hydrogen) atoms. The van der Waals surface area contributed by atoms with E-state index in [1.54, 1.807) is 0 Å². The lowest BCUT2D eigenvalue weighted by Gasteiger charge is -2.26. The number of hydrogen-bond donors (Lipinski definition) is 0. The summed E-state index contributed by atoms with van der Waals surface area (Å²) in [7, 11) is 0. The first kappa shape index (κ1) is 33.0. The zero-order valence-electron chi connectivity index (χ0n) is 30.7. The van der Waals surface area contributed by atoms with Gasteiger partial charge < -0.3 is 9.32 Å². The van der Waals surface area contributed by atoms with Crippen molar-refractivity contribution in [3.8, 4) is 45.0 Å². The average Bonchev–Trinajstić information content (AvgIpc) is 3.86. The molecule has 0 fully saturated rings. The molecule has 0 amide bonds. The summed E-state index contributed by atoms with van der Waals surface area (Å²) >= 11 is 1.84. The molecule has 0 atom stereocenters. The van der Waals surface area contributed by atoms with E-state index in [-0.39, 0.29) is 0 Å². The SMILES string of the molecule is c1ccc(-c2cc(-c3cc(-c4ccc(N(c5ccccc5)c5cccc6c5sc5ccccc56)cc4)cc4oc5ccccc5c34)nc(-c3ccccc3)n2)cc1. The smallest absolute Gasteiger partial charge is 0.160 e. The highest BCUT2D eigenvalue weighted by atomic mass is 32.1. The van der Waals surface area contributed by atoms with Gasteiger partial charge in [-0.25, -0.2) is 9.97 Å². The molecule has 0 bridgehead atoms. The van der Waals surface area contributed by atoms with Crippen LogP contribution in [0.4, 0.5) is 17.1 Å². The van der Waals surface area contributed by atoms with E-state index >= 15 is 0 Å². The van der Waals surface area contributed by atoms with Gasteiger partial charge in [0.25, 0.3) is 0 Å². The van der Waals surface area contributed by atoms with Crippen LogP contribution in [-0.4, -0.2) is 9.97 Å². The van der Waals surface area contributed by atoms with Gasteiger partial charge in [-0.3, -0.25) is 0 Å². The molecule has 0 saturated heterocycles. The van der Waals surface area contributed by atoms with Crippen molar-refractivity contribution >= 4 is 70.5 Å². The highest BCUT2D eigenvalue weighted by molar-refractivity contribution is 7.26. The molecule has 0 N–H and O–H groups in total. The number of nitrogens with zero attached hydrogens (tertiary/aromatic N) is 3. The third-order valence-electron chi connectivity index (χ3n) is 10.7. The first-order valence-electron chi connectivity index (χ1n) is 19.1. The van der Waals surface area contributed by atoms with Crippen LogP contribution < -0.4 is 4.90 Å². The van der Waals surface area contributed by atoms with Crippen molar-refractivity contribution in [2.45, 2.75) is 0 Å². The van der Waals surface area contributed by atoms with Gasteiger partial charge in [0.2, 0.25) is 0 Å². The van der Waals surface area contributed by atoms with Gasteiger partial charge in [0.1, 0.15) is 11.2 Å². The maximum absolute atomic E-state index is 6.60. The number of benzene rings is 8. The van der Waals surface area contributed by atoms with Gasteiger partial charge >= 0.3 is 0 Å². The van der Waals surface area contributed by atoms with Gasteiger partial charge in [0.15, 0.2) is 5.82 Å². The lowest BCUT2D eigenvalue weighted by Crippen LogP contribution is -2.09. The molecule has 5 heteroatoms. The molecule has 8 aromatic carbocycles. The van der Waals surface area contributed by atoms with Crippen molar-refractivity contribution < 1.29 is 4.42 Å². The summed E-state index contributed by atoms with van der Waals surface area (Å²) in [5.74, 6) is 0.678. The van der Waals surface area contributed by atoms with Crippen molar-refractivity contribution in [3.05, 3.63) is 200 Å². The fraction of sp³-hybridized carbons (Fsp3) is 0. The maximum Gasteiger partial charge on any atom is 0.160 e. The van der Waals surface area contributed by atoms with Crippen LogP contribution in [0.2, 0.25) is 0 Å². The van der Waals surface area contributed by atoms with Crippen LogP contribution in [0.5, 0.6) is 0 Å². The number of aromatic nitrogens is 2. The summed E-state index contributed by atoms with van der Waals surface area (Å²) in [6.45, 7) is 0. The van der Waals surface area contributed by atoms with Crippen molar-refractivity contribution in [2.75, 3.05) is 4.90 Å². The number of rotatable bonds is 7. The minimum absolute atomic E-state index is 0.678. The molecule has 0 spiro atoms. The third-order valence-corrected chi connectivity index (χ3v) is 11.9. The minimum Gasteiger partial charge on any atom is -0.456 e. The maximum atomic E-state index is 6.60. The quantitative estimate of drug-likeness (QED) is 0.163. The van der Waals surface area contributed by atoms with E-state index in [4.69, 9.17) is 14.4 Å². The zero-order valence-corrected chi connectivity index (χ0v) is 31.5. The van der Waals surface area contributed by atoms with Crippen LogP contribution in [0, 0.1) is 0 Å².